The van der Waals surface area contributed by atoms with Crippen LogP contribution < -0.4 is 10.1 Å². The van der Waals surface area contributed by atoms with Gasteiger partial charge in [0.2, 0.25) is 0 Å². The van der Waals surface area contributed by atoms with Crippen molar-refractivity contribution < 1.29 is 9.53 Å². The van der Waals surface area contributed by atoms with E-state index in [4.69, 9.17) is 4.74 Å². The second kappa shape index (κ2) is 7.81. The van der Waals surface area contributed by atoms with Gasteiger partial charge in [-0.3, -0.25) is 14.8 Å². The van der Waals surface area contributed by atoms with Crippen LogP contribution >= 0.6 is 11.3 Å². The number of hydrogen-bond acceptors (Lipinski definition) is 5. The Labute approximate surface area is 183 Å². The molecule has 0 atom stereocenters. The summed E-state index contributed by atoms with van der Waals surface area (Å²) in [5, 5.41) is 4.59. The van der Waals surface area contributed by atoms with Crippen molar-refractivity contribution in [3.05, 3.63) is 83.6 Å². The molecule has 2 aromatic carbocycles. The van der Waals surface area contributed by atoms with Gasteiger partial charge in [-0.25, -0.2) is 0 Å². The number of rotatable bonds is 4. The van der Waals surface area contributed by atoms with E-state index in [9.17, 15) is 4.79 Å². The highest BCUT2D eigenvalue weighted by molar-refractivity contribution is 7.19. The normalized spacial score (nSPS) is 11.0. The van der Waals surface area contributed by atoms with Gasteiger partial charge in [-0.15, -0.1) is 11.3 Å². The fourth-order valence-corrected chi connectivity index (χ4v) is 4.82. The molecule has 0 radical (unpaired) electrons. The standard InChI is InChI=1S/C25H19N3O2S/c1-15-24(25(29)26-2)19-5-4-18(14-23(19)31-15)30-22-9-12-28-21-6-3-17(13-20(21)22)16-7-10-27-11-8-16/h3-14H,1-2H3,(H,26,29). The number of ether oxygens (including phenoxy) is 1. The van der Waals surface area contributed by atoms with Crippen molar-refractivity contribution in [1.82, 2.24) is 15.3 Å². The lowest BCUT2D eigenvalue weighted by molar-refractivity contribution is 0.0964. The first kappa shape index (κ1) is 19.2. The molecule has 1 amide bonds. The Morgan fingerprint density at radius 1 is 0.935 bits per heavy atom. The molecule has 5 rings (SSSR count). The van der Waals surface area contributed by atoms with Crippen molar-refractivity contribution in [3.63, 3.8) is 0 Å². The summed E-state index contributed by atoms with van der Waals surface area (Å²) < 4.78 is 7.30. The van der Waals surface area contributed by atoms with Crippen LogP contribution in [-0.4, -0.2) is 22.9 Å². The van der Waals surface area contributed by atoms with Gasteiger partial charge in [0.05, 0.1) is 11.1 Å². The molecular weight excluding hydrogens is 406 g/mol. The van der Waals surface area contributed by atoms with Gasteiger partial charge in [0.25, 0.3) is 5.91 Å². The zero-order valence-corrected chi connectivity index (χ0v) is 17.9. The number of carbonyl (C=O) groups excluding carboxylic acids is 1. The van der Waals surface area contributed by atoms with Gasteiger partial charge in [-0.1, -0.05) is 6.07 Å². The van der Waals surface area contributed by atoms with Gasteiger partial charge >= 0.3 is 0 Å². The lowest BCUT2D eigenvalue weighted by Gasteiger charge is -2.10. The maximum Gasteiger partial charge on any atom is 0.252 e. The zero-order valence-electron chi connectivity index (χ0n) is 17.0. The number of pyridine rings is 2. The van der Waals surface area contributed by atoms with Crippen LogP contribution in [0.15, 0.2) is 73.2 Å². The third-order valence-electron chi connectivity index (χ3n) is 5.23. The summed E-state index contributed by atoms with van der Waals surface area (Å²) in [6, 6.07) is 17.8. The van der Waals surface area contributed by atoms with E-state index in [1.165, 1.54) is 0 Å². The highest BCUT2D eigenvalue weighted by Crippen LogP contribution is 2.36. The second-order valence-corrected chi connectivity index (χ2v) is 8.41. The van der Waals surface area contributed by atoms with Crippen LogP contribution in [0.1, 0.15) is 15.2 Å². The van der Waals surface area contributed by atoms with E-state index in [0.29, 0.717) is 0 Å². The average molecular weight is 426 g/mol. The maximum absolute atomic E-state index is 12.2. The number of amides is 1. The lowest BCUT2D eigenvalue weighted by Crippen LogP contribution is -2.18. The number of nitrogens with one attached hydrogen (secondary N) is 1. The summed E-state index contributed by atoms with van der Waals surface area (Å²) in [7, 11) is 1.65. The molecule has 0 bridgehead atoms. The largest absolute Gasteiger partial charge is 0.457 e. The zero-order chi connectivity index (χ0) is 21.4. The quantitative estimate of drug-likeness (QED) is 0.385. The van der Waals surface area contributed by atoms with Gasteiger partial charge in [-0.05, 0) is 66.6 Å². The Bertz CT molecular complexity index is 1430. The molecule has 0 aliphatic carbocycles. The van der Waals surface area contributed by atoms with E-state index in [1.807, 2.05) is 49.4 Å². The van der Waals surface area contributed by atoms with Gasteiger partial charge in [-0.2, -0.15) is 0 Å². The fraction of sp³-hybridized carbons (Fsp3) is 0.0800. The number of nitrogens with zero attached hydrogens (tertiary/aromatic N) is 2. The molecule has 1 N–H and O–H groups in total. The van der Waals surface area contributed by atoms with Crippen molar-refractivity contribution in [2.75, 3.05) is 7.05 Å². The topological polar surface area (TPSA) is 64.1 Å². The van der Waals surface area contributed by atoms with Crippen LogP contribution in [0.4, 0.5) is 0 Å². The number of fused-ring (bicyclic) bond motifs is 2. The molecule has 0 unspecified atom stereocenters. The van der Waals surface area contributed by atoms with Crippen molar-refractivity contribution in [1.29, 1.82) is 0 Å². The highest BCUT2D eigenvalue weighted by Gasteiger charge is 2.16. The van der Waals surface area contributed by atoms with Crippen LogP contribution in [0.3, 0.4) is 0 Å². The molecule has 3 aromatic heterocycles. The van der Waals surface area contributed by atoms with E-state index in [0.717, 1.165) is 54.1 Å². The van der Waals surface area contributed by atoms with Crippen LogP contribution in [-0.2, 0) is 0 Å². The molecule has 5 aromatic rings. The average Bonchev–Trinajstić information content (AvgIpc) is 3.14. The minimum atomic E-state index is -0.0683. The number of carbonyl (C=O) groups is 1. The van der Waals surface area contributed by atoms with Gasteiger partial charge in [0, 0.05) is 46.0 Å². The maximum atomic E-state index is 12.2. The first-order chi connectivity index (χ1) is 15.1. The molecule has 0 saturated heterocycles. The summed E-state index contributed by atoms with van der Waals surface area (Å²) >= 11 is 1.59. The van der Waals surface area contributed by atoms with Gasteiger partial charge in [0.1, 0.15) is 11.5 Å². The minimum Gasteiger partial charge on any atom is -0.457 e. The predicted octanol–water partition coefficient (Wildman–Crippen LogP) is 5.97. The summed E-state index contributed by atoms with van der Waals surface area (Å²) in [5.41, 5.74) is 3.76. The van der Waals surface area contributed by atoms with Crippen molar-refractivity contribution in [3.8, 4) is 22.6 Å². The van der Waals surface area contributed by atoms with Crippen molar-refractivity contribution in [2.24, 2.45) is 0 Å². The monoisotopic (exact) mass is 425 g/mol. The highest BCUT2D eigenvalue weighted by atomic mass is 32.1. The molecule has 3 heterocycles. The third-order valence-corrected chi connectivity index (χ3v) is 6.30. The number of hydrogen-bond donors (Lipinski definition) is 1. The van der Waals surface area contributed by atoms with Crippen molar-refractivity contribution in [2.45, 2.75) is 6.92 Å². The molecule has 0 saturated carbocycles. The van der Waals surface area contributed by atoms with Crippen molar-refractivity contribution >= 4 is 38.2 Å². The molecule has 0 aliphatic heterocycles. The number of aryl methyl sites for hydroxylation is 1. The van der Waals surface area contributed by atoms with Gasteiger partial charge in [0.15, 0.2) is 0 Å². The van der Waals surface area contributed by atoms with E-state index in [2.05, 4.69) is 27.4 Å². The fourth-order valence-electron chi connectivity index (χ4n) is 3.73. The Morgan fingerprint density at radius 2 is 1.77 bits per heavy atom. The van der Waals surface area contributed by atoms with Crippen LogP contribution in [0.25, 0.3) is 32.1 Å². The summed E-state index contributed by atoms with van der Waals surface area (Å²) in [4.78, 5) is 21.8. The Balaban J connectivity index is 1.55. The molecular formula is C25H19N3O2S. The van der Waals surface area contributed by atoms with Gasteiger partial charge < -0.3 is 10.1 Å². The smallest absolute Gasteiger partial charge is 0.252 e. The molecule has 0 fully saturated rings. The van der Waals surface area contributed by atoms with E-state index in [1.54, 1.807) is 37.0 Å². The SMILES string of the molecule is CNC(=O)c1c(C)sc2cc(Oc3ccnc4ccc(-c5ccncc5)cc34)ccc12. The number of thiophene rings is 1. The van der Waals surface area contributed by atoms with E-state index in [-0.39, 0.29) is 5.91 Å². The molecule has 5 nitrogen and oxygen atoms in total. The first-order valence-corrected chi connectivity index (χ1v) is 10.7. The van der Waals surface area contributed by atoms with Crippen LogP contribution in [0.2, 0.25) is 0 Å². The lowest BCUT2D eigenvalue weighted by atomic mass is 10.0. The Morgan fingerprint density at radius 3 is 2.58 bits per heavy atom. The second-order valence-electron chi connectivity index (χ2n) is 7.15. The number of aromatic nitrogens is 2. The number of benzene rings is 2. The van der Waals surface area contributed by atoms with Crippen LogP contribution in [0, 0.1) is 6.92 Å². The Hall–Kier alpha value is -3.77. The Kier molecular flexibility index (Phi) is 4.84. The summed E-state index contributed by atoms with van der Waals surface area (Å²) in [6.45, 7) is 1.97. The summed E-state index contributed by atoms with van der Waals surface area (Å²) in [5.74, 6) is 1.39. The minimum absolute atomic E-state index is 0.0683. The van der Waals surface area contributed by atoms with E-state index >= 15 is 0 Å². The molecule has 152 valence electrons. The summed E-state index contributed by atoms with van der Waals surface area (Å²) in [6.07, 6.45) is 5.32. The molecule has 31 heavy (non-hydrogen) atoms. The molecule has 6 heteroatoms. The van der Waals surface area contributed by atoms with E-state index < -0.39 is 0 Å². The molecule has 0 aliphatic rings. The first-order valence-electron chi connectivity index (χ1n) is 9.86. The van der Waals surface area contributed by atoms with Crippen LogP contribution in [0.5, 0.6) is 11.5 Å². The predicted molar refractivity (Wildman–Crippen MR) is 125 cm³/mol. The third kappa shape index (κ3) is 3.51. The molecule has 0 spiro atoms.